The van der Waals surface area contributed by atoms with Crippen LogP contribution in [-0.2, 0) is 14.3 Å². The van der Waals surface area contributed by atoms with Crippen molar-refractivity contribution in [1.29, 1.82) is 0 Å². The van der Waals surface area contributed by atoms with Crippen molar-refractivity contribution < 1.29 is 14.3 Å². The molecular weight excluding hydrogens is 180 g/mol. The molecule has 1 unspecified atom stereocenters. The average Bonchev–Trinajstić information content (AvgIpc) is 2.16. The van der Waals surface area contributed by atoms with E-state index in [-0.39, 0.29) is 18.2 Å². The first-order valence-electron chi connectivity index (χ1n) is 5.14. The molecule has 2 atom stereocenters. The molecule has 1 fully saturated rings. The predicted octanol–water partition coefficient (Wildman–Crippen LogP) is 2.06. The van der Waals surface area contributed by atoms with Crippen molar-refractivity contribution in [3.05, 3.63) is 12.2 Å². The molecule has 14 heavy (non-hydrogen) atoms. The average molecular weight is 198 g/mol. The fourth-order valence-electron chi connectivity index (χ4n) is 1.37. The molecule has 0 aromatic carbocycles. The third kappa shape index (κ3) is 4.53. The summed E-state index contributed by atoms with van der Waals surface area (Å²) >= 11 is 0. The zero-order valence-electron chi connectivity index (χ0n) is 8.86. The molecule has 0 radical (unpaired) electrons. The lowest BCUT2D eigenvalue weighted by Crippen LogP contribution is -2.25. The van der Waals surface area contributed by atoms with E-state index in [1.807, 2.05) is 6.92 Å². The van der Waals surface area contributed by atoms with Gasteiger partial charge in [-0.2, -0.15) is 0 Å². The smallest absolute Gasteiger partial charge is 0.158 e. The van der Waals surface area contributed by atoms with Gasteiger partial charge in [-0.15, -0.1) is 0 Å². The quantitative estimate of drug-likeness (QED) is 0.649. The summed E-state index contributed by atoms with van der Waals surface area (Å²) in [6.45, 7) is 4.23. The van der Waals surface area contributed by atoms with Crippen molar-refractivity contribution in [3.8, 4) is 0 Å². The van der Waals surface area contributed by atoms with Crippen LogP contribution in [-0.4, -0.2) is 24.8 Å². The lowest BCUT2D eigenvalue weighted by atomic mass is 10.2. The molecule has 3 heteroatoms. The fourth-order valence-corrected chi connectivity index (χ4v) is 1.37. The second-order valence-corrected chi connectivity index (χ2v) is 3.61. The van der Waals surface area contributed by atoms with Crippen LogP contribution in [0.25, 0.3) is 0 Å². The molecule has 0 aliphatic carbocycles. The Balaban J connectivity index is 2.24. The van der Waals surface area contributed by atoms with Crippen molar-refractivity contribution in [2.45, 2.75) is 45.5 Å². The van der Waals surface area contributed by atoms with E-state index in [4.69, 9.17) is 9.47 Å². The van der Waals surface area contributed by atoms with Crippen LogP contribution in [0, 0.1) is 0 Å². The number of allylic oxidation sites excluding steroid dienone is 1. The lowest BCUT2D eigenvalue weighted by molar-refractivity contribution is -0.175. The standard InChI is InChI=1S/C11H18O3/c1-9(12)6-7-10(2)14-11-5-3-4-8-13-11/h6-7,10-11H,3-5,8H2,1-2H3/b7-6-/t10-,11?/m0/s1. The Kier molecular flexibility index (Phi) is 4.84. The molecule has 0 aromatic rings. The Bertz CT molecular complexity index is 205. The van der Waals surface area contributed by atoms with Crippen molar-refractivity contribution >= 4 is 5.78 Å². The van der Waals surface area contributed by atoms with Crippen LogP contribution in [0.4, 0.5) is 0 Å². The van der Waals surface area contributed by atoms with E-state index in [0.29, 0.717) is 0 Å². The monoisotopic (exact) mass is 198 g/mol. The summed E-state index contributed by atoms with van der Waals surface area (Å²) < 4.78 is 11.0. The largest absolute Gasteiger partial charge is 0.353 e. The summed E-state index contributed by atoms with van der Waals surface area (Å²) in [5.41, 5.74) is 0. The topological polar surface area (TPSA) is 35.5 Å². The molecule has 0 aromatic heterocycles. The molecule has 1 aliphatic rings. The maximum absolute atomic E-state index is 10.7. The Morgan fingerprint density at radius 2 is 2.36 bits per heavy atom. The molecule has 1 aliphatic heterocycles. The molecule has 1 saturated heterocycles. The van der Waals surface area contributed by atoms with Gasteiger partial charge in [-0.05, 0) is 39.2 Å². The number of rotatable bonds is 4. The van der Waals surface area contributed by atoms with Gasteiger partial charge in [0, 0.05) is 6.61 Å². The molecule has 0 N–H and O–H groups in total. The van der Waals surface area contributed by atoms with Crippen LogP contribution in [0.3, 0.4) is 0 Å². The Labute approximate surface area is 85.1 Å². The van der Waals surface area contributed by atoms with Crippen LogP contribution in [0.2, 0.25) is 0 Å². The van der Waals surface area contributed by atoms with Gasteiger partial charge in [-0.25, -0.2) is 0 Å². The van der Waals surface area contributed by atoms with Gasteiger partial charge in [0.05, 0.1) is 6.10 Å². The second kappa shape index (κ2) is 5.94. The van der Waals surface area contributed by atoms with Crippen LogP contribution in [0.15, 0.2) is 12.2 Å². The lowest BCUT2D eigenvalue weighted by Gasteiger charge is -2.24. The highest BCUT2D eigenvalue weighted by atomic mass is 16.7. The van der Waals surface area contributed by atoms with Crippen molar-refractivity contribution in [3.63, 3.8) is 0 Å². The molecule has 3 nitrogen and oxygen atoms in total. The number of carbonyl (C=O) groups is 1. The highest BCUT2D eigenvalue weighted by Crippen LogP contribution is 2.15. The van der Waals surface area contributed by atoms with E-state index in [1.54, 1.807) is 6.08 Å². The third-order valence-corrected chi connectivity index (χ3v) is 2.11. The molecule has 0 bridgehead atoms. The van der Waals surface area contributed by atoms with Gasteiger partial charge in [-0.1, -0.05) is 6.08 Å². The summed E-state index contributed by atoms with van der Waals surface area (Å²) in [5, 5.41) is 0. The number of ketones is 1. The minimum Gasteiger partial charge on any atom is -0.353 e. The summed E-state index contributed by atoms with van der Waals surface area (Å²) in [7, 11) is 0. The Morgan fingerprint density at radius 1 is 1.57 bits per heavy atom. The van der Waals surface area contributed by atoms with Gasteiger partial charge < -0.3 is 9.47 Å². The maximum Gasteiger partial charge on any atom is 0.158 e. The van der Waals surface area contributed by atoms with Crippen LogP contribution < -0.4 is 0 Å². The van der Waals surface area contributed by atoms with E-state index in [0.717, 1.165) is 25.9 Å². The normalized spacial score (nSPS) is 25.1. The Hall–Kier alpha value is -0.670. The number of hydrogen-bond donors (Lipinski definition) is 0. The Morgan fingerprint density at radius 3 is 2.93 bits per heavy atom. The zero-order chi connectivity index (χ0) is 10.4. The number of hydrogen-bond acceptors (Lipinski definition) is 3. The van der Waals surface area contributed by atoms with E-state index >= 15 is 0 Å². The van der Waals surface area contributed by atoms with Gasteiger partial charge in [0.25, 0.3) is 0 Å². The molecule has 80 valence electrons. The van der Waals surface area contributed by atoms with E-state index in [9.17, 15) is 4.79 Å². The maximum atomic E-state index is 10.7. The molecule has 0 amide bonds. The third-order valence-electron chi connectivity index (χ3n) is 2.11. The summed E-state index contributed by atoms with van der Waals surface area (Å²) in [6, 6.07) is 0. The van der Waals surface area contributed by atoms with Gasteiger partial charge in [0.1, 0.15) is 0 Å². The second-order valence-electron chi connectivity index (χ2n) is 3.61. The van der Waals surface area contributed by atoms with Gasteiger partial charge in [0.2, 0.25) is 0 Å². The zero-order valence-corrected chi connectivity index (χ0v) is 8.86. The highest BCUT2D eigenvalue weighted by molar-refractivity contribution is 5.87. The SMILES string of the molecule is CC(=O)/C=C\[C@H](C)OC1CCCCO1. The minimum absolute atomic E-state index is 0.0463. The first-order chi connectivity index (χ1) is 6.68. The van der Waals surface area contributed by atoms with Gasteiger partial charge in [-0.3, -0.25) is 4.79 Å². The van der Waals surface area contributed by atoms with Crippen LogP contribution in [0.5, 0.6) is 0 Å². The predicted molar refractivity (Wildman–Crippen MR) is 54.0 cm³/mol. The summed E-state index contributed by atoms with van der Waals surface area (Å²) in [4.78, 5) is 10.7. The van der Waals surface area contributed by atoms with E-state index in [2.05, 4.69) is 0 Å². The van der Waals surface area contributed by atoms with Gasteiger partial charge >= 0.3 is 0 Å². The van der Waals surface area contributed by atoms with Crippen molar-refractivity contribution in [2.75, 3.05) is 6.61 Å². The molecule has 1 rings (SSSR count). The first kappa shape index (κ1) is 11.4. The summed E-state index contributed by atoms with van der Waals surface area (Å²) in [5.74, 6) is 0.0463. The van der Waals surface area contributed by atoms with Crippen molar-refractivity contribution in [1.82, 2.24) is 0 Å². The van der Waals surface area contributed by atoms with Crippen LogP contribution in [0.1, 0.15) is 33.1 Å². The van der Waals surface area contributed by atoms with Gasteiger partial charge in [0.15, 0.2) is 12.1 Å². The first-order valence-corrected chi connectivity index (χ1v) is 5.14. The van der Waals surface area contributed by atoms with Crippen LogP contribution >= 0.6 is 0 Å². The molecule has 0 saturated carbocycles. The molecular formula is C11H18O3. The van der Waals surface area contributed by atoms with E-state index in [1.165, 1.54) is 13.0 Å². The summed E-state index contributed by atoms with van der Waals surface area (Å²) in [6.07, 6.45) is 6.40. The minimum atomic E-state index is -0.0876. The number of ether oxygens (including phenoxy) is 2. The van der Waals surface area contributed by atoms with E-state index < -0.39 is 0 Å². The number of carbonyl (C=O) groups excluding carboxylic acids is 1. The van der Waals surface area contributed by atoms with Crippen molar-refractivity contribution in [2.24, 2.45) is 0 Å². The molecule has 0 spiro atoms. The highest BCUT2D eigenvalue weighted by Gasteiger charge is 2.15. The fraction of sp³-hybridized carbons (Fsp3) is 0.727. The molecule has 1 heterocycles.